The van der Waals surface area contributed by atoms with Gasteiger partial charge < -0.3 is 0 Å². The first kappa shape index (κ1) is 13.4. The van der Waals surface area contributed by atoms with Gasteiger partial charge in [0.05, 0.1) is 22.1 Å². The van der Waals surface area contributed by atoms with E-state index in [0.717, 1.165) is 0 Å². The Morgan fingerprint density at radius 2 is 1.79 bits per heavy atom. The lowest BCUT2D eigenvalue weighted by Gasteiger charge is -2.05. The fourth-order valence-corrected chi connectivity index (χ4v) is 2.70. The predicted molar refractivity (Wildman–Crippen MR) is 67.6 cm³/mol. The Kier molecular flexibility index (Phi) is 4.03. The van der Waals surface area contributed by atoms with E-state index in [1.165, 1.54) is 36.4 Å². The molecule has 0 radical (unpaired) electrons. The van der Waals surface area contributed by atoms with Crippen molar-refractivity contribution < 1.29 is 13.0 Å². The summed E-state index contributed by atoms with van der Waals surface area (Å²) in [5.74, 6) is -1.12. The zero-order chi connectivity index (χ0) is 13.8. The van der Waals surface area contributed by atoms with Crippen LogP contribution < -0.4 is 0 Å². The Balaban J connectivity index is 2.25. The van der Waals surface area contributed by atoms with Gasteiger partial charge in [-0.15, -0.1) is 0 Å². The van der Waals surface area contributed by atoms with Crippen molar-refractivity contribution in [2.75, 3.05) is 0 Å². The molecule has 0 saturated heterocycles. The molecule has 1 unspecified atom stereocenters. The Morgan fingerprint density at radius 3 is 2.42 bits per heavy atom. The summed E-state index contributed by atoms with van der Waals surface area (Å²) in [6, 6.07) is 11.3. The van der Waals surface area contributed by atoms with Gasteiger partial charge in [0.1, 0.15) is 17.7 Å². The van der Waals surface area contributed by atoms with Gasteiger partial charge in [-0.2, -0.15) is 5.26 Å². The van der Waals surface area contributed by atoms with Crippen molar-refractivity contribution in [1.29, 1.82) is 5.26 Å². The third kappa shape index (κ3) is 3.04. The second-order valence-electron chi connectivity index (χ2n) is 3.83. The van der Waals surface area contributed by atoms with Crippen molar-refractivity contribution in [1.82, 2.24) is 0 Å². The Morgan fingerprint density at radius 1 is 1.11 bits per heavy atom. The first-order valence-electron chi connectivity index (χ1n) is 5.43. The van der Waals surface area contributed by atoms with Crippen molar-refractivity contribution in [3.05, 3.63) is 65.2 Å². The number of nitriles is 1. The summed E-state index contributed by atoms with van der Waals surface area (Å²) in [5.41, 5.74) is 0.135. The SMILES string of the molecule is N#Cc1cccc(CS(=O)c2ccc(F)cc2)c1F. The summed E-state index contributed by atoms with van der Waals surface area (Å²) < 4.78 is 38.6. The number of benzene rings is 2. The minimum Gasteiger partial charge on any atom is -0.254 e. The highest BCUT2D eigenvalue weighted by Crippen LogP contribution is 2.17. The number of rotatable bonds is 3. The number of hydrogen-bond donors (Lipinski definition) is 0. The summed E-state index contributed by atoms with van der Waals surface area (Å²) in [6.45, 7) is 0. The molecule has 2 nitrogen and oxygen atoms in total. The molecule has 0 aliphatic carbocycles. The van der Waals surface area contributed by atoms with Gasteiger partial charge in [-0.05, 0) is 30.3 Å². The van der Waals surface area contributed by atoms with Crippen molar-refractivity contribution >= 4 is 10.8 Å². The lowest BCUT2D eigenvalue weighted by Crippen LogP contribution is -2.00. The van der Waals surface area contributed by atoms with Gasteiger partial charge in [0.2, 0.25) is 0 Å². The molecule has 0 N–H and O–H groups in total. The van der Waals surface area contributed by atoms with E-state index in [9.17, 15) is 13.0 Å². The van der Waals surface area contributed by atoms with Crippen molar-refractivity contribution in [2.45, 2.75) is 10.6 Å². The van der Waals surface area contributed by atoms with Crippen LogP contribution in [0.4, 0.5) is 8.78 Å². The quantitative estimate of drug-likeness (QED) is 0.864. The molecule has 0 fully saturated rings. The van der Waals surface area contributed by atoms with E-state index in [1.807, 2.05) is 0 Å². The zero-order valence-electron chi connectivity index (χ0n) is 9.77. The van der Waals surface area contributed by atoms with Crippen LogP contribution in [0.5, 0.6) is 0 Å². The molecule has 0 aliphatic heterocycles. The fraction of sp³-hybridized carbons (Fsp3) is 0.0714. The maximum atomic E-state index is 13.8. The standard InChI is InChI=1S/C14H9F2NOS/c15-12-4-6-13(7-5-12)19(18)9-11-3-1-2-10(8-17)14(11)16/h1-7H,9H2. The molecule has 1 atom stereocenters. The van der Waals surface area contributed by atoms with Gasteiger partial charge in [0.25, 0.3) is 0 Å². The number of halogens is 2. The maximum Gasteiger partial charge on any atom is 0.145 e. The van der Waals surface area contributed by atoms with E-state index in [2.05, 4.69) is 0 Å². The maximum absolute atomic E-state index is 13.8. The first-order chi connectivity index (χ1) is 9.11. The van der Waals surface area contributed by atoms with E-state index >= 15 is 0 Å². The molecule has 0 saturated carbocycles. The van der Waals surface area contributed by atoms with Crippen LogP contribution in [-0.2, 0) is 16.6 Å². The smallest absolute Gasteiger partial charge is 0.145 e. The summed E-state index contributed by atoms with van der Waals surface area (Å²) in [4.78, 5) is 0.420. The molecule has 0 spiro atoms. The topological polar surface area (TPSA) is 40.9 Å². The number of hydrogen-bond acceptors (Lipinski definition) is 2. The van der Waals surface area contributed by atoms with Crippen molar-refractivity contribution in [2.24, 2.45) is 0 Å². The summed E-state index contributed by atoms with van der Waals surface area (Å²) in [6.07, 6.45) is 0. The third-order valence-corrected chi connectivity index (χ3v) is 3.93. The Labute approximate surface area is 111 Å². The molecule has 0 aromatic heterocycles. The average Bonchev–Trinajstić information content (AvgIpc) is 2.42. The van der Waals surface area contributed by atoms with Crippen LogP contribution in [0, 0.1) is 23.0 Å². The summed E-state index contributed by atoms with van der Waals surface area (Å²) in [5, 5.41) is 8.72. The van der Waals surface area contributed by atoms with E-state index in [-0.39, 0.29) is 16.9 Å². The molecule has 19 heavy (non-hydrogen) atoms. The lowest BCUT2D eigenvalue weighted by atomic mass is 10.1. The van der Waals surface area contributed by atoms with E-state index < -0.39 is 22.4 Å². The summed E-state index contributed by atoms with van der Waals surface area (Å²) in [7, 11) is -1.48. The Bertz CT molecular complexity index is 662. The number of nitrogens with zero attached hydrogens (tertiary/aromatic N) is 1. The third-order valence-electron chi connectivity index (χ3n) is 2.56. The molecular weight excluding hydrogens is 268 g/mol. The van der Waals surface area contributed by atoms with Gasteiger partial charge in [0, 0.05) is 10.5 Å². The van der Waals surface area contributed by atoms with Gasteiger partial charge >= 0.3 is 0 Å². The molecule has 0 bridgehead atoms. The normalized spacial score (nSPS) is 11.8. The lowest BCUT2D eigenvalue weighted by molar-refractivity contribution is 0.611. The van der Waals surface area contributed by atoms with Crippen LogP contribution in [0.1, 0.15) is 11.1 Å². The zero-order valence-corrected chi connectivity index (χ0v) is 10.6. The molecular formula is C14H9F2NOS. The fourth-order valence-electron chi connectivity index (χ4n) is 1.59. The molecule has 2 aromatic carbocycles. The largest absolute Gasteiger partial charge is 0.254 e. The van der Waals surface area contributed by atoms with Crippen LogP contribution in [0.2, 0.25) is 0 Å². The van der Waals surface area contributed by atoms with Crippen LogP contribution in [0.25, 0.3) is 0 Å². The molecule has 2 rings (SSSR count). The van der Waals surface area contributed by atoms with E-state index in [1.54, 1.807) is 12.1 Å². The van der Waals surface area contributed by atoms with Crippen molar-refractivity contribution in [3.8, 4) is 6.07 Å². The first-order valence-corrected chi connectivity index (χ1v) is 6.75. The average molecular weight is 277 g/mol. The highest BCUT2D eigenvalue weighted by Gasteiger charge is 2.12. The summed E-state index contributed by atoms with van der Waals surface area (Å²) >= 11 is 0. The minimum absolute atomic E-state index is 0.0486. The van der Waals surface area contributed by atoms with Gasteiger partial charge in [-0.3, -0.25) is 4.21 Å². The second kappa shape index (κ2) is 5.72. The second-order valence-corrected chi connectivity index (χ2v) is 5.29. The molecule has 2 aromatic rings. The van der Waals surface area contributed by atoms with Crippen LogP contribution in [-0.4, -0.2) is 4.21 Å². The predicted octanol–water partition coefficient (Wildman–Crippen LogP) is 3.14. The molecule has 5 heteroatoms. The molecule has 0 aliphatic rings. The van der Waals surface area contributed by atoms with Crippen molar-refractivity contribution in [3.63, 3.8) is 0 Å². The van der Waals surface area contributed by atoms with Gasteiger partial charge in [0.15, 0.2) is 0 Å². The minimum atomic E-state index is -1.48. The molecule has 96 valence electrons. The van der Waals surface area contributed by atoms with Crippen LogP contribution >= 0.6 is 0 Å². The monoisotopic (exact) mass is 277 g/mol. The molecule has 0 heterocycles. The van der Waals surface area contributed by atoms with Gasteiger partial charge in [-0.25, -0.2) is 8.78 Å². The molecule has 0 amide bonds. The van der Waals surface area contributed by atoms with E-state index in [0.29, 0.717) is 4.90 Å². The van der Waals surface area contributed by atoms with Crippen LogP contribution in [0.15, 0.2) is 47.4 Å². The Hall–Kier alpha value is -2.06. The van der Waals surface area contributed by atoms with Crippen LogP contribution in [0.3, 0.4) is 0 Å². The highest BCUT2D eigenvalue weighted by molar-refractivity contribution is 7.84. The highest BCUT2D eigenvalue weighted by atomic mass is 32.2. The van der Waals surface area contributed by atoms with Gasteiger partial charge in [-0.1, -0.05) is 12.1 Å². The van der Waals surface area contributed by atoms with E-state index in [4.69, 9.17) is 5.26 Å².